The van der Waals surface area contributed by atoms with Gasteiger partial charge in [0.05, 0.1) is 5.69 Å². The van der Waals surface area contributed by atoms with Crippen LogP contribution in [0.2, 0.25) is 0 Å². The molecule has 1 N–H and O–H groups in total. The molecule has 0 saturated carbocycles. The summed E-state index contributed by atoms with van der Waals surface area (Å²) in [6.45, 7) is 4.06. The number of pyridine rings is 1. The Balaban J connectivity index is 2.49. The van der Waals surface area contributed by atoms with Crippen LogP contribution >= 0.6 is 0 Å². The van der Waals surface area contributed by atoms with Gasteiger partial charge in [0.2, 0.25) is 0 Å². The van der Waals surface area contributed by atoms with E-state index in [0.717, 1.165) is 5.69 Å². The van der Waals surface area contributed by atoms with E-state index in [2.05, 4.69) is 10.1 Å². The van der Waals surface area contributed by atoms with Crippen molar-refractivity contribution in [1.29, 1.82) is 0 Å². The second kappa shape index (κ2) is 4.37. The summed E-state index contributed by atoms with van der Waals surface area (Å²) in [7, 11) is 0. The summed E-state index contributed by atoms with van der Waals surface area (Å²) >= 11 is 0. The largest absolute Gasteiger partial charge is 0.478 e. The predicted octanol–water partition coefficient (Wildman–Crippen LogP) is 2.09. The van der Waals surface area contributed by atoms with Gasteiger partial charge in [0.25, 0.3) is 0 Å². The van der Waals surface area contributed by atoms with Crippen molar-refractivity contribution in [2.45, 2.75) is 19.8 Å². The van der Waals surface area contributed by atoms with Gasteiger partial charge in [-0.2, -0.15) is 5.10 Å². The second-order valence-corrected chi connectivity index (χ2v) is 4.02. The van der Waals surface area contributed by atoms with E-state index >= 15 is 0 Å². The Bertz CT molecular complexity index is 546. The molecule has 0 saturated heterocycles. The molecule has 2 rings (SSSR count). The number of carboxylic acid groups (broad SMARTS) is 1. The average molecular weight is 231 g/mol. The van der Waals surface area contributed by atoms with Gasteiger partial charge in [-0.3, -0.25) is 0 Å². The highest BCUT2D eigenvalue weighted by Crippen LogP contribution is 2.15. The normalized spacial score (nSPS) is 10.8. The average Bonchev–Trinajstić information content (AvgIpc) is 2.78. The predicted molar refractivity (Wildman–Crippen MR) is 62.4 cm³/mol. The first-order chi connectivity index (χ1) is 8.09. The quantitative estimate of drug-likeness (QED) is 0.878. The molecule has 0 radical (unpaired) electrons. The Morgan fingerprint density at radius 1 is 1.41 bits per heavy atom. The molecule has 88 valence electrons. The van der Waals surface area contributed by atoms with Crippen molar-refractivity contribution in [3.05, 3.63) is 41.9 Å². The van der Waals surface area contributed by atoms with Gasteiger partial charge in [-0.25, -0.2) is 14.5 Å². The standard InChI is InChI=1S/C12H13N3O2/c1-8(2)10-5-7-15(14-10)11-9(12(16)17)4-3-6-13-11/h3-8H,1-2H3,(H,16,17). The van der Waals surface area contributed by atoms with E-state index in [1.165, 1.54) is 10.7 Å². The number of hydrogen-bond acceptors (Lipinski definition) is 3. The molecule has 2 aromatic rings. The summed E-state index contributed by atoms with van der Waals surface area (Å²) in [5.74, 6) is -0.366. The third kappa shape index (κ3) is 2.18. The van der Waals surface area contributed by atoms with Crippen LogP contribution in [0.15, 0.2) is 30.6 Å². The van der Waals surface area contributed by atoms with Crippen LogP contribution in [0, 0.1) is 0 Å². The van der Waals surface area contributed by atoms with Crippen LogP contribution in [0.5, 0.6) is 0 Å². The molecular weight excluding hydrogens is 218 g/mol. The topological polar surface area (TPSA) is 68.0 Å². The molecule has 0 fully saturated rings. The summed E-state index contributed by atoms with van der Waals surface area (Å²) < 4.78 is 1.50. The number of nitrogens with zero attached hydrogens (tertiary/aromatic N) is 3. The lowest BCUT2D eigenvalue weighted by Gasteiger charge is -2.04. The van der Waals surface area contributed by atoms with E-state index in [1.54, 1.807) is 18.5 Å². The minimum Gasteiger partial charge on any atom is -0.478 e. The summed E-state index contributed by atoms with van der Waals surface area (Å²) in [4.78, 5) is 15.1. The highest BCUT2D eigenvalue weighted by molar-refractivity contribution is 5.90. The van der Waals surface area contributed by atoms with Crippen molar-refractivity contribution < 1.29 is 9.90 Å². The fourth-order valence-corrected chi connectivity index (χ4v) is 1.51. The minimum absolute atomic E-state index is 0.144. The van der Waals surface area contributed by atoms with Crippen LogP contribution in [-0.2, 0) is 0 Å². The zero-order valence-electron chi connectivity index (χ0n) is 9.66. The van der Waals surface area contributed by atoms with E-state index in [-0.39, 0.29) is 5.56 Å². The minimum atomic E-state index is -1.00. The monoisotopic (exact) mass is 231 g/mol. The fourth-order valence-electron chi connectivity index (χ4n) is 1.51. The van der Waals surface area contributed by atoms with Crippen molar-refractivity contribution in [2.24, 2.45) is 0 Å². The first-order valence-electron chi connectivity index (χ1n) is 5.34. The third-order valence-electron chi connectivity index (χ3n) is 2.44. The van der Waals surface area contributed by atoms with E-state index in [0.29, 0.717) is 11.7 Å². The van der Waals surface area contributed by atoms with E-state index in [1.807, 2.05) is 19.9 Å². The Hall–Kier alpha value is -2.17. The van der Waals surface area contributed by atoms with Gasteiger partial charge in [0.15, 0.2) is 5.82 Å². The molecule has 0 unspecified atom stereocenters. The molecular formula is C12H13N3O2. The van der Waals surface area contributed by atoms with E-state index in [4.69, 9.17) is 5.11 Å². The molecule has 0 aliphatic rings. The molecule has 5 nitrogen and oxygen atoms in total. The smallest absolute Gasteiger partial charge is 0.339 e. The van der Waals surface area contributed by atoms with Crippen molar-refractivity contribution >= 4 is 5.97 Å². The van der Waals surface area contributed by atoms with Crippen LogP contribution < -0.4 is 0 Å². The lowest BCUT2D eigenvalue weighted by Crippen LogP contribution is -2.08. The van der Waals surface area contributed by atoms with Crippen molar-refractivity contribution in [3.63, 3.8) is 0 Å². The molecule has 2 aromatic heterocycles. The van der Waals surface area contributed by atoms with E-state index in [9.17, 15) is 4.79 Å². The number of aromatic carboxylic acids is 1. The third-order valence-corrected chi connectivity index (χ3v) is 2.44. The highest BCUT2D eigenvalue weighted by atomic mass is 16.4. The molecule has 17 heavy (non-hydrogen) atoms. The van der Waals surface area contributed by atoms with Crippen LogP contribution in [0.3, 0.4) is 0 Å². The molecule has 0 aliphatic heterocycles. The number of carbonyl (C=O) groups is 1. The highest BCUT2D eigenvalue weighted by Gasteiger charge is 2.13. The van der Waals surface area contributed by atoms with Gasteiger partial charge in [-0.05, 0) is 24.1 Å². The van der Waals surface area contributed by atoms with Gasteiger partial charge in [0.1, 0.15) is 5.56 Å². The molecule has 0 bridgehead atoms. The molecule has 0 amide bonds. The number of hydrogen-bond donors (Lipinski definition) is 1. The summed E-state index contributed by atoms with van der Waals surface area (Å²) in [6.07, 6.45) is 3.28. The van der Waals surface area contributed by atoms with Crippen molar-refractivity contribution in [2.75, 3.05) is 0 Å². The summed E-state index contributed by atoms with van der Waals surface area (Å²) in [6, 6.07) is 4.98. The van der Waals surface area contributed by atoms with Crippen LogP contribution in [0.25, 0.3) is 5.82 Å². The van der Waals surface area contributed by atoms with E-state index < -0.39 is 5.97 Å². The Kier molecular flexibility index (Phi) is 2.91. The maximum absolute atomic E-state index is 11.1. The number of carboxylic acids is 1. The lowest BCUT2D eigenvalue weighted by atomic mass is 10.1. The maximum atomic E-state index is 11.1. The molecule has 0 spiro atoms. The van der Waals surface area contributed by atoms with Gasteiger partial charge in [-0.15, -0.1) is 0 Å². The molecule has 0 aliphatic carbocycles. The fraction of sp³-hybridized carbons (Fsp3) is 0.250. The van der Waals surface area contributed by atoms with Gasteiger partial charge in [-0.1, -0.05) is 13.8 Å². The van der Waals surface area contributed by atoms with Crippen molar-refractivity contribution in [1.82, 2.24) is 14.8 Å². The molecule has 5 heteroatoms. The van der Waals surface area contributed by atoms with Gasteiger partial charge >= 0.3 is 5.97 Å². The SMILES string of the molecule is CC(C)c1ccn(-c2ncccc2C(=O)O)n1. The first kappa shape index (κ1) is 11.3. The Morgan fingerprint density at radius 3 is 2.76 bits per heavy atom. The maximum Gasteiger partial charge on any atom is 0.339 e. The van der Waals surface area contributed by atoms with Gasteiger partial charge in [0, 0.05) is 12.4 Å². The Labute approximate surface area is 98.7 Å². The van der Waals surface area contributed by atoms with Crippen LogP contribution in [-0.4, -0.2) is 25.8 Å². The Morgan fingerprint density at radius 2 is 2.18 bits per heavy atom. The van der Waals surface area contributed by atoms with Crippen LogP contribution in [0.1, 0.15) is 35.8 Å². The summed E-state index contributed by atoms with van der Waals surface area (Å²) in [5.41, 5.74) is 1.05. The van der Waals surface area contributed by atoms with Gasteiger partial charge < -0.3 is 5.11 Å². The zero-order chi connectivity index (χ0) is 12.4. The molecule has 0 atom stereocenters. The van der Waals surface area contributed by atoms with Crippen molar-refractivity contribution in [3.8, 4) is 5.82 Å². The second-order valence-electron chi connectivity index (χ2n) is 4.02. The first-order valence-corrected chi connectivity index (χ1v) is 5.34. The zero-order valence-corrected chi connectivity index (χ0v) is 9.66. The lowest BCUT2D eigenvalue weighted by molar-refractivity contribution is 0.0696. The number of aromatic nitrogens is 3. The number of rotatable bonds is 3. The van der Waals surface area contributed by atoms with Crippen LogP contribution in [0.4, 0.5) is 0 Å². The molecule has 0 aromatic carbocycles. The molecule has 2 heterocycles. The summed E-state index contributed by atoms with van der Waals surface area (Å²) in [5, 5.41) is 13.4.